The van der Waals surface area contributed by atoms with E-state index in [9.17, 15) is 14.9 Å². The summed E-state index contributed by atoms with van der Waals surface area (Å²) in [5, 5.41) is 14.5. The highest BCUT2D eigenvalue weighted by Gasteiger charge is 2.64. The largest absolute Gasteiger partial charge is 0.273 e. The Morgan fingerprint density at radius 3 is 2.73 bits per heavy atom. The minimum absolute atomic E-state index is 0.00689. The predicted octanol–water partition coefficient (Wildman–Crippen LogP) is 2.87. The van der Waals surface area contributed by atoms with Crippen molar-refractivity contribution in [2.24, 2.45) is 22.4 Å². The fourth-order valence-electron chi connectivity index (χ4n) is 3.77. The average molecular weight is 301 g/mol. The number of hydrazone groups is 1. The summed E-state index contributed by atoms with van der Waals surface area (Å²) in [5.74, 6) is 0.590. The van der Waals surface area contributed by atoms with Crippen LogP contribution in [0.15, 0.2) is 29.4 Å². The molecular weight excluding hydrogens is 282 g/mol. The normalized spacial score (nSPS) is 29.9. The Labute approximate surface area is 128 Å². The summed E-state index contributed by atoms with van der Waals surface area (Å²) in [5.41, 5.74) is 3.53. The van der Waals surface area contributed by atoms with E-state index in [0.29, 0.717) is 11.5 Å². The van der Waals surface area contributed by atoms with Crippen molar-refractivity contribution in [3.63, 3.8) is 0 Å². The van der Waals surface area contributed by atoms with Gasteiger partial charge in [-0.3, -0.25) is 14.9 Å². The molecule has 0 spiro atoms. The fraction of sp³-hybridized carbons (Fsp3) is 0.500. The van der Waals surface area contributed by atoms with E-state index < -0.39 is 4.92 Å². The molecule has 22 heavy (non-hydrogen) atoms. The second-order valence-electron chi connectivity index (χ2n) is 6.42. The Hall–Kier alpha value is -2.24. The van der Waals surface area contributed by atoms with Crippen LogP contribution in [0, 0.1) is 27.4 Å². The van der Waals surface area contributed by atoms with E-state index in [4.69, 9.17) is 0 Å². The molecule has 0 saturated heterocycles. The zero-order valence-electron chi connectivity index (χ0n) is 12.5. The van der Waals surface area contributed by atoms with Crippen molar-refractivity contribution in [2.45, 2.75) is 32.6 Å². The van der Waals surface area contributed by atoms with Gasteiger partial charge < -0.3 is 0 Å². The molecule has 0 unspecified atom stereocenters. The Morgan fingerprint density at radius 2 is 2.14 bits per heavy atom. The Kier molecular flexibility index (Phi) is 3.68. The van der Waals surface area contributed by atoms with Gasteiger partial charge in [0.15, 0.2) is 0 Å². The molecule has 0 aromatic heterocycles. The van der Waals surface area contributed by atoms with Gasteiger partial charge in [-0.2, -0.15) is 5.10 Å². The van der Waals surface area contributed by atoms with E-state index in [1.807, 2.05) is 0 Å². The number of amides is 1. The van der Waals surface area contributed by atoms with E-state index in [2.05, 4.69) is 17.5 Å². The fourth-order valence-corrected chi connectivity index (χ4v) is 3.77. The summed E-state index contributed by atoms with van der Waals surface area (Å²) in [6.45, 7) is 2.20. The summed E-state index contributed by atoms with van der Waals surface area (Å²) < 4.78 is 0. The van der Waals surface area contributed by atoms with E-state index >= 15 is 0 Å². The van der Waals surface area contributed by atoms with Crippen molar-refractivity contribution in [1.29, 1.82) is 0 Å². The monoisotopic (exact) mass is 301 g/mol. The van der Waals surface area contributed by atoms with Crippen molar-refractivity contribution in [2.75, 3.05) is 0 Å². The molecule has 0 aliphatic heterocycles. The van der Waals surface area contributed by atoms with Crippen molar-refractivity contribution in [3.8, 4) is 0 Å². The number of nitro groups is 1. The van der Waals surface area contributed by atoms with Crippen molar-refractivity contribution in [1.82, 2.24) is 5.43 Å². The first-order valence-corrected chi connectivity index (χ1v) is 7.60. The summed E-state index contributed by atoms with van der Waals surface area (Å²) in [4.78, 5) is 22.3. The Morgan fingerprint density at radius 1 is 1.41 bits per heavy atom. The van der Waals surface area contributed by atoms with Gasteiger partial charge in [0.2, 0.25) is 5.91 Å². The molecule has 1 aromatic carbocycles. The predicted molar refractivity (Wildman–Crippen MR) is 82.4 cm³/mol. The van der Waals surface area contributed by atoms with Crippen LogP contribution < -0.4 is 5.43 Å². The maximum absolute atomic E-state index is 12.2. The number of fused-ring (bicyclic) bond motifs is 1. The van der Waals surface area contributed by atoms with Gasteiger partial charge in [-0.25, -0.2) is 5.43 Å². The van der Waals surface area contributed by atoms with E-state index in [1.165, 1.54) is 31.2 Å². The topological polar surface area (TPSA) is 84.6 Å². The molecule has 2 fully saturated rings. The molecule has 1 N–H and O–H groups in total. The summed E-state index contributed by atoms with van der Waals surface area (Å²) >= 11 is 0. The first-order valence-electron chi connectivity index (χ1n) is 7.60. The lowest BCUT2D eigenvalue weighted by Crippen LogP contribution is -2.22. The number of carbonyl (C=O) groups excluding carboxylic acids is 1. The third-order valence-electron chi connectivity index (χ3n) is 5.11. The molecule has 0 bridgehead atoms. The third kappa shape index (κ3) is 2.61. The van der Waals surface area contributed by atoms with Gasteiger partial charge in [0.05, 0.1) is 11.1 Å². The minimum Gasteiger partial charge on any atom is -0.273 e. The number of hydrogen-bond acceptors (Lipinski definition) is 4. The number of benzene rings is 1. The second kappa shape index (κ2) is 5.51. The standard InChI is InChI=1S/C16H19N3O3/c1-16-9-3-2-4-13(16)14(16)15(20)18-17-10-11-5-7-12(8-6-11)19(21)22/h5-8,10,13-14H,2-4,9H2,1H3,(H,18,20)/t13-,14+,16+/m1/s1. The van der Waals surface area contributed by atoms with Crippen LogP contribution in [0.1, 0.15) is 38.2 Å². The van der Waals surface area contributed by atoms with Crippen LogP contribution in [0.5, 0.6) is 0 Å². The quantitative estimate of drug-likeness (QED) is 0.527. The molecule has 0 radical (unpaired) electrons. The number of nitrogens with zero attached hydrogens (tertiary/aromatic N) is 2. The van der Waals surface area contributed by atoms with Gasteiger partial charge >= 0.3 is 0 Å². The van der Waals surface area contributed by atoms with Crippen molar-refractivity contribution < 1.29 is 9.72 Å². The molecule has 1 aromatic rings. The van der Waals surface area contributed by atoms with Gasteiger partial charge in [0.1, 0.15) is 0 Å². The van der Waals surface area contributed by atoms with E-state index in [0.717, 1.165) is 12.8 Å². The number of carbonyl (C=O) groups is 1. The first-order chi connectivity index (χ1) is 10.5. The molecule has 6 heteroatoms. The molecule has 2 aliphatic rings. The molecular formula is C16H19N3O3. The Bertz CT molecular complexity index is 626. The van der Waals surface area contributed by atoms with Gasteiger partial charge in [0, 0.05) is 18.1 Å². The SMILES string of the molecule is C[C@]12CCCC[C@@H]1[C@H]2C(=O)NN=Cc1ccc([N+](=O)[O-])cc1. The summed E-state index contributed by atoms with van der Waals surface area (Å²) in [7, 11) is 0. The maximum Gasteiger partial charge on any atom is 0.269 e. The van der Waals surface area contributed by atoms with E-state index in [1.54, 1.807) is 12.1 Å². The number of nitrogens with one attached hydrogen (secondary N) is 1. The number of hydrogen-bond donors (Lipinski definition) is 1. The number of non-ortho nitro benzene ring substituents is 1. The van der Waals surface area contributed by atoms with Crippen molar-refractivity contribution in [3.05, 3.63) is 39.9 Å². The highest BCUT2D eigenvalue weighted by Crippen LogP contribution is 2.66. The second-order valence-corrected chi connectivity index (χ2v) is 6.42. The number of rotatable bonds is 4. The lowest BCUT2D eigenvalue weighted by molar-refractivity contribution is -0.384. The first kappa shape index (κ1) is 14.7. The van der Waals surface area contributed by atoms with Crippen LogP contribution in [0.25, 0.3) is 0 Å². The molecule has 2 aliphatic carbocycles. The van der Waals surface area contributed by atoms with Crippen LogP contribution in [-0.2, 0) is 4.79 Å². The van der Waals surface area contributed by atoms with Crippen molar-refractivity contribution >= 4 is 17.8 Å². The smallest absolute Gasteiger partial charge is 0.269 e. The maximum atomic E-state index is 12.2. The molecule has 3 atom stereocenters. The molecule has 0 heterocycles. The number of nitro benzene ring substituents is 1. The average Bonchev–Trinajstić information content (AvgIpc) is 3.13. The van der Waals surface area contributed by atoms with Crippen LogP contribution in [0.2, 0.25) is 0 Å². The lowest BCUT2D eigenvalue weighted by atomic mass is 9.90. The van der Waals surface area contributed by atoms with Crippen LogP contribution in [0.4, 0.5) is 5.69 Å². The molecule has 6 nitrogen and oxygen atoms in total. The molecule has 116 valence electrons. The highest BCUT2D eigenvalue weighted by atomic mass is 16.6. The van der Waals surface area contributed by atoms with Gasteiger partial charge in [-0.1, -0.05) is 19.8 Å². The third-order valence-corrected chi connectivity index (χ3v) is 5.11. The van der Waals surface area contributed by atoms with Crippen LogP contribution in [0.3, 0.4) is 0 Å². The van der Waals surface area contributed by atoms with Crippen LogP contribution >= 0.6 is 0 Å². The Balaban J connectivity index is 1.56. The molecule has 3 rings (SSSR count). The zero-order valence-corrected chi connectivity index (χ0v) is 12.5. The molecule has 1 amide bonds. The highest BCUT2D eigenvalue weighted by molar-refractivity contribution is 5.86. The minimum atomic E-state index is -0.446. The van der Waals surface area contributed by atoms with Gasteiger partial charge in [0.25, 0.3) is 5.69 Å². The molecule has 2 saturated carbocycles. The van der Waals surface area contributed by atoms with Gasteiger partial charge in [-0.05, 0) is 41.9 Å². The lowest BCUT2D eigenvalue weighted by Gasteiger charge is -2.15. The van der Waals surface area contributed by atoms with E-state index in [-0.39, 0.29) is 22.9 Å². The summed E-state index contributed by atoms with van der Waals surface area (Å²) in [6, 6.07) is 6.04. The van der Waals surface area contributed by atoms with Crippen LogP contribution in [-0.4, -0.2) is 17.0 Å². The summed E-state index contributed by atoms with van der Waals surface area (Å²) in [6.07, 6.45) is 6.21. The zero-order chi connectivity index (χ0) is 15.7. The van der Waals surface area contributed by atoms with Gasteiger partial charge in [-0.15, -0.1) is 0 Å².